The van der Waals surface area contributed by atoms with E-state index >= 15 is 0 Å². The molecule has 3 aromatic rings. The maximum atomic E-state index is 13.1. The number of carbonyl (C=O) groups is 1. The van der Waals surface area contributed by atoms with E-state index in [1.807, 2.05) is 18.2 Å². The number of fused-ring (bicyclic) bond motifs is 3. The third-order valence-electron chi connectivity index (χ3n) is 9.39. The first kappa shape index (κ1) is 22.2. The Bertz CT molecular complexity index is 1260. The average molecular weight is 478 g/mol. The summed E-state index contributed by atoms with van der Waals surface area (Å²) in [5.74, 6) is 3.45. The number of hydrogen-bond donors (Lipinski definition) is 1. The second-order valence-corrected chi connectivity index (χ2v) is 12.1. The third kappa shape index (κ3) is 4.15. The minimum absolute atomic E-state index is 0.0380. The minimum atomic E-state index is 0.0380. The molecule has 1 N–H and O–H groups in total. The predicted molar refractivity (Wildman–Crippen MR) is 143 cm³/mol. The molecule has 5 aliphatic carbocycles. The van der Waals surface area contributed by atoms with Gasteiger partial charge in [0.1, 0.15) is 0 Å². The number of nitrogens with zero attached hydrogens (tertiary/aromatic N) is 2. The number of benzene rings is 2. The van der Waals surface area contributed by atoms with Crippen LogP contribution in [0.4, 0.5) is 5.82 Å². The van der Waals surface area contributed by atoms with Crippen molar-refractivity contribution < 1.29 is 4.79 Å². The fraction of sp³-hybridized carbons (Fsp3) is 0.469. The minimum Gasteiger partial charge on any atom is -0.309 e. The van der Waals surface area contributed by atoms with Crippen LogP contribution in [0.25, 0.3) is 11.3 Å². The number of carbonyl (C=O) groups excluding carboxylic acids is 1. The van der Waals surface area contributed by atoms with Gasteiger partial charge in [0.05, 0.1) is 17.1 Å². The Morgan fingerprint density at radius 1 is 0.861 bits per heavy atom. The summed E-state index contributed by atoms with van der Waals surface area (Å²) >= 11 is 0. The van der Waals surface area contributed by atoms with E-state index < -0.39 is 0 Å². The SMILES string of the molecule is O=C(CCc1ccccc1)Nc1nc2c(nc1CC13CC4CC(CC(C4)C1)C3)-c1ccccc1CC2. The summed E-state index contributed by atoms with van der Waals surface area (Å²) in [6, 6.07) is 18.9. The van der Waals surface area contributed by atoms with Crippen molar-refractivity contribution in [2.24, 2.45) is 23.2 Å². The maximum Gasteiger partial charge on any atom is 0.225 e. The second-order valence-electron chi connectivity index (χ2n) is 12.1. The number of rotatable bonds is 6. The van der Waals surface area contributed by atoms with Gasteiger partial charge in [-0.05, 0) is 98.5 Å². The van der Waals surface area contributed by atoms with E-state index in [9.17, 15) is 4.79 Å². The van der Waals surface area contributed by atoms with Gasteiger partial charge >= 0.3 is 0 Å². The molecule has 4 heteroatoms. The van der Waals surface area contributed by atoms with Gasteiger partial charge < -0.3 is 5.32 Å². The van der Waals surface area contributed by atoms with Gasteiger partial charge in [0.25, 0.3) is 0 Å². The fourth-order valence-corrected chi connectivity index (χ4v) is 8.30. The molecule has 4 bridgehead atoms. The van der Waals surface area contributed by atoms with Gasteiger partial charge in [-0.2, -0.15) is 0 Å². The summed E-state index contributed by atoms with van der Waals surface area (Å²) in [7, 11) is 0. The van der Waals surface area contributed by atoms with E-state index in [-0.39, 0.29) is 5.91 Å². The van der Waals surface area contributed by atoms with E-state index in [0.717, 1.165) is 66.3 Å². The standard InChI is InChI=1S/C32H35N3O/c36-29(13-10-21-6-2-1-3-7-21)35-31-28(20-32-17-22-14-23(18-32)16-24(15-22)19-32)33-30-26-9-5-4-8-25(26)11-12-27(30)34-31/h1-9,22-24H,10-20H2,(H,34,35,36). The summed E-state index contributed by atoms with van der Waals surface area (Å²) in [6.45, 7) is 0. The van der Waals surface area contributed by atoms with Crippen molar-refractivity contribution >= 4 is 11.7 Å². The van der Waals surface area contributed by atoms with E-state index in [4.69, 9.17) is 9.97 Å². The first-order valence-electron chi connectivity index (χ1n) is 13.9. The Hall–Kier alpha value is -3.01. The Morgan fingerprint density at radius 3 is 2.31 bits per heavy atom. The first-order valence-corrected chi connectivity index (χ1v) is 13.9. The van der Waals surface area contributed by atoms with Crippen LogP contribution in [0.5, 0.6) is 0 Å². The average Bonchev–Trinajstić information content (AvgIpc) is 2.87. The number of aryl methyl sites for hydroxylation is 3. The summed E-state index contributed by atoms with van der Waals surface area (Å²) in [6.07, 6.45) is 12.3. The molecule has 4 fully saturated rings. The van der Waals surface area contributed by atoms with Gasteiger partial charge in [-0.25, -0.2) is 9.97 Å². The van der Waals surface area contributed by atoms with Crippen molar-refractivity contribution in [3.8, 4) is 11.3 Å². The molecule has 5 aliphatic rings. The van der Waals surface area contributed by atoms with Crippen molar-refractivity contribution in [2.45, 2.75) is 70.6 Å². The summed E-state index contributed by atoms with van der Waals surface area (Å²) in [5.41, 5.74) is 7.20. The molecule has 0 radical (unpaired) electrons. The van der Waals surface area contributed by atoms with Crippen molar-refractivity contribution in [1.29, 1.82) is 0 Å². The van der Waals surface area contributed by atoms with Crippen LogP contribution in [-0.4, -0.2) is 15.9 Å². The zero-order chi connectivity index (χ0) is 24.1. The van der Waals surface area contributed by atoms with E-state index in [2.05, 4.69) is 41.7 Å². The summed E-state index contributed by atoms with van der Waals surface area (Å²) in [4.78, 5) is 23.5. The van der Waals surface area contributed by atoms with Crippen LogP contribution >= 0.6 is 0 Å². The normalized spacial score (nSPS) is 27.4. The molecule has 0 unspecified atom stereocenters. The van der Waals surface area contributed by atoms with Gasteiger partial charge in [-0.15, -0.1) is 0 Å². The molecule has 1 aromatic heterocycles. The Balaban J connectivity index is 1.21. The van der Waals surface area contributed by atoms with Crippen LogP contribution in [0, 0.1) is 23.2 Å². The number of hydrogen-bond acceptors (Lipinski definition) is 3. The van der Waals surface area contributed by atoms with Crippen molar-refractivity contribution in [3.05, 3.63) is 77.1 Å². The zero-order valence-electron chi connectivity index (χ0n) is 21.0. The van der Waals surface area contributed by atoms with E-state index in [0.29, 0.717) is 11.8 Å². The van der Waals surface area contributed by atoms with Crippen LogP contribution in [0.2, 0.25) is 0 Å². The van der Waals surface area contributed by atoms with Crippen molar-refractivity contribution in [1.82, 2.24) is 9.97 Å². The molecule has 0 spiro atoms. The molecule has 4 saturated carbocycles. The van der Waals surface area contributed by atoms with E-state index in [1.54, 1.807) is 0 Å². The number of nitrogens with one attached hydrogen (secondary N) is 1. The molecule has 0 aliphatic heterocycles. The third-order valence-corrected chi connectivity index (χ3v) is 9.39. The number of amides is 1. The largest absolute Gasteiger partial charge is 0.309 e. The highest BCUT2D eigenvalue weighted by molar-refractivity contribution is 5.90. The van der Waals surface area contributed by atoms with Crippen LogP contribution < -0.4 is 5.32 Å². The molecule has 36 heavy (non-hydrogen) atoms. The van der Waals surface area contributed by atoms with Crippen LogP contribution in [-0.2, 0) is 30.5 Å². The molecule has 0 saturated heterocycles. The van der Waals surface area contributed by atoms with Crippen LogP contribution in [0.1, 0.15) is 67.5 Å². The first-order chi connectivity index (χ1) is 17.6. The molecule has 184 valence electrons. The van der Waals surface area contributed by atoms with Crippen LogP contribution in [0.15, 0.2) is 54.6 Å². The monoisotopic (exact) mass is 477 g/mol. The highest BCUT2D eigenvalue weighted by atomic mass is 16.1. The van der Waals surface area contributed by atoms with E-state index in [1.165, 1.54) is 55.2 Å². The lowest BCUT2D eigenvalue weighted by molar-refractivity contribution is -0.116. The van der Waals surface area contributed by atoms with Gasteiger partial charge in [-0.1, -0.05) is 54.6 Å². The smallest absolute Gasteiger partial charge is 0.225 e. The lowest BCUT2D eigenvalue weighted by atomic mass is 9.48. The quantitative estimate of drug-likeness (QED) is 0.437. The Kier molecular flexibility index (Phi) is 5.45. The molecule has 0 atom stereocenters. The molecule has 8 rings (SSSR count). The lowest BCUT2D eigenvalue weighted by Crippen LogP contribution is -2.47. The molecular weight excluding hydrogens is 442 g/mol. The zero-order valence-corrected chi connectivity index (χ0v) is 21.0. The molecular formula is C32H35N3O. The number of aromatic nitrogens is 2. The van der Waals surface area contributed by atoms with Crippen molar-refractivity contribution in [2.75, 3.05) is 5.32 Å². The van der Waals surface area contributed by atoms with Crippen LogP contribution in [0.3, 0.4) is 0 Å². The highest BCUT2D eigenvalue weighted by Crippen LogP contribution is 2.61. The Morgan fingerprint density at radius 2 is 1.56 bits per heavy atom. The summed E-state index contributed by atoms with van der Waals surface area (Å²) < 4.78 is 0. The van der Waals surface area contributed by atoms with Crippen molar-refractivity contribution in [3.63, 3.8) is 0 Å². The Labute approximate surface area is 214 Å². The van der Waals surface area contributed by atoms with Gasteiger partial charge in [0, 0.05) is 12.0 Å². The molecule has 1 heterocycles. The lowest BCUT2D eigenvalue weighted by Gasteiger charge is -2.57. The van der Waals surface area contributed by atoms with Gasteiger partial charge in [0.15, 0.2) is 5.82 Å². The topological polar surface area (TPSA) is 54.9 Å². The highest BCUT2D eigenvalue weighted by Gasteiger charge is 2.51. The van der Waals surface area contributed by atoms with Gasteiger partial charge in [0.2, 0.25) is 5.91 Å². The van der Waals surface area contributed by atoms with Gasteiger partial charge in [-0.3, -0.25) is 4.79 Å². The fourth-order valence-electron chi connectivity index (χ4n) is 8.30. The molecule has 4 nitrogen and oxygen atoms in total. The second kappa shape index (κ2) is 8.83. The predicted octanol–water partition coefficient (Wildman–Crippen LogP) is 6.57. The summed E-state index contributed by atoms with van der Waals surface area (Å²) in [5, 5.41) is 3.22. The molecule has 2 aromatic carbocycles. The number of anilines is 1. The maximum absolute atomic E-state index is 13.1. The molecule has 1 amide bonds.